The van der Waals surface area contributed by atoms with Gasteiger partial charge in [0.05, 0.1) is 18.2 Å². The highest BCUT2D eigenvalue weighted by Crippen LogP contribution is 2.26. The van der Waals surface area contributed by atoms with Gasteiger partial charge in [0.2, 0.25) is 0 Å². The molecule has 74 valence electrons. The van der Waals surface area contributed by atoms with E-state index in [-0.39, 0.29) is 6.42 Å². The molecule has 0 N–H and O–H groups in total. The number of benzene rings is 1. The fourth-order valence-electron chi connectivity index (χ4n) is 1.12. The molecule has 1 aromatic rings. The van der Waals surface area contributed by atoms with Crippen molar-refractivity contribution in [2.45, 2.75) is 12.8 Å². The molecule has 4 heteroatoms. The van der Waals surface area contributed by atoms with E-state index in [1.165, 1.54) is 19.2 Å². The molecule has 0 aliphatic carbocycles. The monoisotopic (exact) mass is 213 g/mol. The zero-order valence-corrected chi connectivity index (χ0v) is 8.44. The molecule has 1 rings (SSSR count). The second-order valence-corrected chi connectivity index (χ2v) is 3.13. The lowest BCUT2D eigenvalue weighted by Gasteiger charge is -2.06. The third-order valence-corrected chi connectivity index (χ3v) is 2.17. The predicted molar refractivity (Wildman–Crippen MR) is 51.9 cm³/mol. The average molecular weight is 214 g/mol. The third-order valence-electron chi connectivity index (χ3n) is 1.84. The summed E-state index contributed by atoms with van der Waals surface area (Å²) in [5.74, 6) is -0.0437. The molecule has 1 aromatic carbocycles. The summed E-state index contributed by atoms with van der Waals surface area (Å²) in [6.45, 7) is 0. The van der Waals surface area contributed by atoms with Crippen molar-refractivity contribution in [1.29, 1.82) is 5.26 Å². The Bertz CT molecular complexity index is 350. The van der Waals surface area contributed by atoms with Gasteiger partial charge in [-0.1, -0.05) is 11.6 Å². The molecule has 0 bridgehead atoms. The molecule has 0 fully saturated rings. The standard InChI is InChI=1S/C10H9ClFNO/c1-14-7-5-9(11)8(3-2-4-13)10(12)6-7/h5-6H,2-3H2,1H3. The van der Waals surface area contributed by atoms with Crippen molar-refractivity contribution in [3.8, 4) is 11.8 Å². The summed E-state index contributed by atoms with van der Waals surface area (Å²) in [5.41, 5.74) is 0.369. The van der Waals surface area contributed by atoms with Crippen LogP contribution in [0, 0.1) is 17.1 Å². The highest BCUT2D eigenvalue weighted by molar-refractivity contribution is 6.31. The molecule has 0 unspecified atom stereocenters. The van der Waals surface area contributed by atoms with E-state index in [4.69, 9.17) is 21.6 Å². The van der Waals surface area contributed by atoms with Crippen LogP contribution in [-0.2, 0) is 6.42 Å². The SMILES string of the molecule is COc1cc(F)c(CCC#N)c(Cl)c1. The molecule has 0 radical (unpaired) electrons. The molecule has 0 spiro atoms. The second kappa shape index (κ2) is 4.83. The molecule has 0 aliphatic heterocycles. The Labute approximate surface area is 86.9 Å². The minimum absolute atomic E-state index is 0.253. The molecule has 0 aromatic heterocycles. The topological polar surface area (TPSA) is 33.0 Å². The van der Waals surface area contributed by atoms with Crippen molar-refractivity contribution in [3.05, 3.63) is 28.5 Å². The lowest BCUT2D eigenvalue weighted by molar-refractivity contribution is 0.410. The van der Waals surface area contributed by atoms with Crippen LogP contribution in [0.15, 0.2) is 12.1 Å². The van der Waals surface area contributed by atoms with Crippen molar-refractivity contribution in [2.75, 3.05) is 7.11 Å². The number of hydrogen-bond acceptors (Lipinski definition) is 2. The van der Waals surface area contributed by atoms with E-state index in [1.807, 2.05) is 6.07 Å². The Morgan fingerprint density at radius 2 is 2.29 bits per heavy atom. The molecule has 0 saturated heterocycles. The zero-order chi connectivity index (χ0) is 10.6. The van der Waals surface area contributed by atoms with Gasteiger partial charge in [0.1, 0.15) is 11.6 Å². The molecule has 2 nitrogen and oxygen atoms in total. The van der Waals surface area contributed by atoms with Crippen LogP contribution in [0.3, 0.4) is 0 Å². The van der Waals surface area contributed by atoms with Crippen LogP contribution < -0.4 is 4.74 Å². The molecule has 14 heavy (non-hydrogen) atoms. The van der Waals surface area contributed by atoms with Crippen LogP contribution >= 0.6 is 11.6 Å². The van der Waals surface area contributed by atoms with E-state index in [2.05, 4.69) is 0 Å². The Hall–Kier alpha value is -1.27. The zero-order valence-electron chi connectivity index (χ0n) is 7.68. The number of hydrogen-bond donors (Lipinski definition) is 0. The van der Waals surface area contributed by atoms with Gasteiger partial charge in [-0.15, -0.1) is 0 Å². The van der Waals surface area contributed by atoms with Crippen LogP contribution in [0.2, 0.25) is 5.02 Å². The largest absolute Gasteiger partial charge is 0.497 e. The summed E-state index contributed by atoms with van der Waals surface area (Å²) < 4.78 is 18.2. The fourth-order valence-corrected chi connectivity index (χ4v) is 1.41. The van der Waals surface area contributed by atoms with E-state index in [0.717, 1.165) is 0 Å². The van der Waals surface area contributed by atoms with E-state index in [0.29, 0.717) is 22.8 Å². The minimum Gasteiger partial charge on any atom is -0.497 e. The lowest BCUT2D eigenvalue weighted by Crippen LogP contribution is -1.93. The average Bonchev–Trinajstić information content (AvgIpc) is 2.16. The van der Waals surface area contributed by atoms with Gasteiger partial charge < -0.3 is 4.74 Å². The van der Waals surface area contributed by atoms with Gasteiger partial charge in [-0.25, -0.2) is 4.39 Å². The quantitative estimate of drug-likeness (QED) is 0.774. The van der Waals surface area contributed by atoms with Crippen LogP contribution in [-0.4, -0.2) is 7.11 Å². The van der Waals surface area contributed by atoms with Gasteiger partial charge in [-0.2, -0.15) is 5.26 Å². The lowest BCUT2D eigenvalue weighted by atomic mass is 10.1. The van der Waals surface area contributed by atoms with Gasteiger partial charge in [-0.3, -0.25) is 0 Å². The minimum atomic E-state index is -0.426. The van der Waals surface area contributed by atoms with Crippen LogP contribution in [0.5, 0.6) is 5.75 Å². The number of nitrogens with zero attached hydrogens (tertiary/aromatic N) is 1. The number of ether oxygens (including phenoxy) is 1. The summed E-state index contributed by atoms with van der Waals surface area (Å²) in [5, 5.41) is 8.67. The Morgan fingerprint density at radius 1 is 1.57 bits per heavy atom. The van der Waals surface area contributed by atoms with E-state index in [1.54, 1.807) is 0 Å². The Morgan fingerprint density at radius 3 is 2.79 bits per heavy atom. The van der Waals surface area contributed by atoms with Crippen LogP contribution in [0.1, 0.15) is 12.0 Å². The maximum Gasteiger partial charge on any atom is 0.131 e. The predicted octanol–water partition coefficient (Wildman–Crippen LogP) is 2.94. The maximum absolute atomic E-state index is 13.3. The molecule has 0 aliphatic rings. The van der Waals surface area contributed by atoms with E-state index >= 15 is 0 Å². The summed E-state index contributed by atoms with van der Waals surface area (Å²) in [4.78, 5) is 0. The Kier molecular flexibility index (Phi) is 3.73. The molecule has 0 atom stereocenters. The van der Waals surface area contributed by atoms with Crippen molar-refractivity contribution in [1.82, 2.24) is 0 Å². The van der Waals surface area contributed by atoms with Crippen molar-refractivity contribution >= 4 is 11.6 Å². The van der Waals surface area contributed by atoms with E-state index in [9.17, 15) is 4.39 Å². The molecule has 0 saturated carbocycles. The first-order chi connectivity index (χ1) is 6.69. The molecular weight excluding hydrogens is 205 g/mol. The highest BCUT2D eigenvalue weighted by Gasteiger charge is 2.09. The normalized spacial score (nSPS) is 9.57. The van der Waals surface area contributed by atoms with Gasteiger partial charge in [0.15, 0.2) is 0 Å². The van der Waals surface area contributed by atoms with E-state index < -0.39 is 5.82 Å². The van der Waals surface area contributed by atoms with Crippen LogP contribution in [0.25, 0.3) is 0 Å². The number of nitriles is 1. The highest BCUT2D eigenvalue weighted by atomic mass is 35.5. The first-order valence-corrected chi connectivity index (χ1v) is 4.45. The third kappa shape index (κ3) is 2.36. The number of rotatable bonds is 3. The van der Waals surface area contributed by atoms with Gasteiger partial charge in [0, 0.05) is 18.1 Å². The summed E-state index contributed by atoms with van der Waals surface area (Å²) >= 11 is 5.82. The fraction of sp³-hybridized carbons (Fsp3) is 0.300. The summed E-state index contributed by atoms with van der Waals surface area (Å²) in [6, 6.07) is 4.74. The first kappa shape index (κ1) is 10.8. The van der Waals surface area contributed by atoms with Crippen molar-refractivity contribution in [2.24, 2.45) is 0 Å². The second-order valence-electron chi connectivity index (χ2n) is 2.73. The van der Waals surface area contributed by atoms with Gasteiger partial charge in [-0.05, 0) is 12.5 Å². The van der Waals surface area contributed by atoms with Crippen molar-refractivity contribution < 1.29 is 9.13 Å². The maximum atomic E-state index is 13.3. The van der Waals surface area contributed by atoms with Gasteiger partial charge >= 0.3 is 0 Å². The van der Waals surface area contributed by atoms with Crippen molar-refractivity contribution in [3.63, 3.8) is 0 Å². The smallest absolute Gasteiger partial charge is 0.131 e. The molecule has 0 heterocycles. The Balaban J connectivity index is 3.00. The molecule has 0 amide bonds. The molecular formula is C10H9ClFNO. The van der Waals surface area contributed by atoms with Crippen LogP contribution in [0.4, 0.5) is 4.39 Å². The number of halogens is 2. The van der Waals surface area contributed by atoms with Gasteiger partial charge in [0.25, 0.3) is 0 Å². The number of methoxy groups -OCH3 is 1. The first-order valence-electron chi connectivity index (χ1n) is 4.08. The summed E-state index contributed by atoms with van der Waals surface area (Å²) in [6.07, 6.45) is 0.578. The summed E-state index contributed by atoms with van der Waals surface area (Å²) in [7, 11) is 1.44.